The van der Waals surface area contributed by atoms with Gasteiger partial charge in [-0.1, -0.05) is 19.1 Å². The molecule has 1 saturated heterocycles. The quantitative estimate of drug-likeness (QED) is 0.924. The predicted molar refractivity (Wildman–Crippen MR) is 83.6 cm³/mol. The highest BCUT2D eigenvalue weighted by molar-refractivity contribution is 5.88. The molecule has 1 N–H and O–H groups in total. The molecule has 0 aliphatic carbocycles. The number of piperidine rings is 1. The van der Waals surface area contributed by atoms with E-state index in [1.54, 1.807) is 0 Å². The summed E-state index contributed by atoms with van der Waals surface area (Å²) in [6, 6.07) is 10.3. The van der Waals surface area contributed by atoms with Crippen LogP contribution in [0.2, 0.25) is 0 Å². The van der Waals surface area contributed by atoms with Crippen molar-refractivity contribution in [2.45, 2.75) is 39.7 Å². The molecule has 1 aliphatic rings. The Morgan fingerprint density at radius 3 is 2.76 bits per heavy atom. The number of anilines is 1. The van der Waals surface area contributed by atoms with E-state index in [-0.39, 0.29) is 11.3 Å². The second kappa shape index (κ2) is 6.73. The van der Waals surface area contributed by atoms with Crippen LogP contribution >= 0.6 is 0 Å². The lowest BCUT2D eigenvalue weighted by atomic mass is 9.78. The number of likely N-dealkylation sites (tertiary alicyclic amines) is 1. The fourth-order valence-corrected chi connectivity index (χ4v) is 2.83. The van der Waals surface area contributed by atoms with E-state index in [1.807, 2.05) is 18.2 Å². The fraction of sp³-hybridized carbons (Fsp3) is 0.529. The lowest BCUT2D eigenvalue weighted by Crippen LogP contribution is -2.38. The number of amides is 1. The van der Waals surface area contributed by atoms with Crippen LogP contribution in [0.1, 0.15) is 38.7 Å². The van der Waals surface area contributed by atoms with Gasteiger partial charge in [0.2, 0.25) is 5.91 Å². The highest BCUT2D eigenvalue weighted by Gasteiger charge is 2.29. The number of carbonyl (C=O) groups excluding carboxylic acids is 1. The Balaban J connectivity index is 1.92. The van der Waals surface area contributed by atoms with Crippen LogP contribution in [0.4, 0.5) is 5.69 Å². The molecule has 1 aliphatic heterocycles. The zero-order valence-electron chi connectivity index (χ0n) is 12.9. The van der Waals surface area contributed by atoms with E-state index in [1.165, 1.54) is 12.5 Å². The summed E-state index contributed by atoms with van der Waals surface area (Å²) in [5.41, 5.74) is 2.25. The molecule has 4 heteroatoms. The molecular weight excluding hydrogens is 262 g/mol. The SMILES string of the molecule is CC(=O)Nc1cccc(CN2CCC(C)(CC#N)CC2)c1. The number of nitriles is 1. The number of benzene rings is 1. The van der Waals surface area contributed by atoms with Crippen LogP contribution in [0.15, 0.2) is 24.3 Å². The average Bonchev–Trinajstić information content (AvgIpc) is 2.42. The number of nitrogens with zero attached hydrogens (tertiary/aromatic N) is 2. The number of nitrogens with one attached hydrogen (secondary N) is 1. The molecule has 0 bridgehead atoms. The van der Waals surface area contributed by atoms with Crippen LogP contribution in [0, 0.1) is 16.7 Å². The van der Waals surface area contributed by atoms with Gasteiger partial charge in [0.1, 0.15) is 0 Å². The van der Waals surface area contributed by atoms with Gasteiger partial charge in [0, 0.05) is 25.6 Å². The Morgan fingerprint density at radius 2 is 2.14 bits per heavy atom. The molecule has 0 aromatic heterocycles. The van der Waals surface area contributed by atoms with Crippen molar-refractivity contribution >= 4 is 11.6 Å². The van der Waals surface area contributed by atoms with Crippen molar-refractivity contribution in [3.8, 4) is 6.07 Å². The van der Waals surface area contributed by atoms with Crippen molar-refractivity contribution in [3.05, 3.63) is 29.8 Å². The first kappa shape index (κ1) is 15.5. The van der Waals surface area contributed by atoms with E-state index in [4.69, 9.17) is 5.26 Å². The Labute approximate surface area is 126 Å². The molecule has 1 aromatic rings. The van der Waals surface area contributed by atoms with Gasteiger partial charge in [0.25, 0.3) is 0 Å². The van der Waals surface area contributed by atoms with Crippen LogP contribution in [0.5, 0.6) is 0 Å². The van der Waals surface area contributed by atoms with E-state index in [2.05, 4.69) is 29.3 Å². The lowest BCUT2D eigenvalue weighted by Gasteiger charge is -2.38. The fourth-order valence-electron chi connectivity index (χ4n) is 2.83. The highest BCUT2D eigenvalue weighted by atomic mass is 16.1. The second-order valence-electron chi connectivity index (χ2n) is 6.30. The van der Waals surface area contributed by atoms with Crippen molar-refractivity contribution in [2.75, 3.05) is 18.4 Å². The minimum Gasteiger partial charge on any atom is -0.326 e. The molecule has 1 aromatic carbocycles. The van der Waals surface area contributed by atoms with Crippen molar-refractivity contribution in [1.82, 2.24) is 4.90 Å². The third-order valence-electron chi connectivity index (χ3n) is 4.22. The molecular formula is C17H23N3O. The van der Waals surface area contributed by atoms with Crippen LogP contribution in [-0.2, 0) is 11.3 Å². The van der Waals surface area contributed by atoms with Crippen LogP contribution in [0.3, 0.4) is 0 Å². The first-order chi connectivity index (χ1) is 10.0. The molecule has 0 spiro atoms. The van der Waals surface area contributed by atoms with Crippen LogP contribution < -0.4 is 5.32 Å². The van der Waals surface area contributed by atoms with Gasteiger partial charge < -0.3 is 5.32 Å². The minimum absolute atomic E-state index is 0.0441. The first-order valence-corrected chi connectivity index (χ1v) is 7.47. The maximum Gasteiger partial charge on any atom is 0.221 e. The normalized spacial score (nSPS) is 18.0. The largest absolute Gasteiger partial charge is 0.326 e. The second-order valence-corrected chi connectivity index (χ2v) is 6.30. The zero-order valence-corrected chi connectivity index (χ0v) is 12.9. The van der Waals surface area contributed by atoms with Gasteiger partial charge in [-0.15, -0.1) is 0 Å². The summed E-state index contributed by atoms with van der Waals surface area (Å²) >= 11 is 0. The number of rotatable bonds is 4. The summed E-state index contributed by atoms with van der Waals surface area (Å²) in [5.74, 6) is -0.0441. The monoisotopic (exact) mass is 285 g/mol. The lowest BCUT2D eigenvalue weighted by molar-refractivity contribution is -0.114. The standard InChI is InChI=1S/C17H23N3O/c1-14(21)19-16-5-3-4-15(12-16)13-20-10-7-17(2,6-9-18)8-11-20/h3-5,12H,6-8,10-11,13H2,1-2H3,(H,19,21). The number of hydrogen-bond acceptors (Lipinski definition) is 3. The smallest absolute Gasteiger partial charge is 0.221 e. The molecule has 4 nitrogen and oxygen atoms in total. The van der Waals surface area contributed by atoms with Gasteiger partial charge >= 0.3 is 0 Å². The van der Waals surface area contributed by atoms with Gasteiger partial charge in [0.05, 0.1) is 6.07 Å². The summed E-state index contributed by atoms with van der Waals surface area (Å²) in [6.45, 7) is 6.69. The van der Waals surface area contributed by atoms with Crippen LogP contribution in [0.25, 0.3) is 0 Å². The molecule has 112 valence electrons. The Morgan fingerprint density at radius 1 is 1.43 bits per heavy atom. The average molecular weight is 285 g/mol. The summed E-state index contributed by atoms with van der Waals surface area (Å²) < 4.78 is 0. The van der Waals surface area contributed by atoms with E-state index in [9.17, 15) is 4.79 Å². The number of carbonyl (C=O) groups is 1. The highest BCUT2D eigenvalue weighted by Crippen LogP contribution is 2.34. The van der Waals surface area contributed by atoms with Crippen LogP contribution in [-0.4, -0.2) is 23.9 Å². The van der Waals surface area contributed by atoms with Crippen molar-refractivity contribution in [3.63, 3.8) is 0 Å². The molecule has 0 radical (unpaired) electrons. The van der Waals surface area contributed by atoms with E-state index in [0.29, 0.717) is 6.42 Å². The third kappa shape index (κ3) is 4.57. The molecule has 2 rings (SSSR count). The Kier molecular flexibility index (Phi) is 4.98. The third-order valence-corrected chi connectivity index (χ3v) is 4.22. The van der Waals surface area contributed by atoms with Gasteiger partial charge in [-0.3, -0.25) is 9.69 Å². The van der Waals surface area contributed by atoms with Crippen molar-refractivity contribution in [2.24, 2.45) is 5.41 Å². The zero-order chi connectivity index (χ0) is 15.3. The summed E-state index contributed by atoms with van der Waals surface area (Å²) in [7, 11) is 0. The number of hydrogen-bond donors (Lipinski definition) is 1. The topological polar surface area (TPSA) is 56.1 Å². The van der Waals surface area contributed by atoms with E-state index < -0.39 is 0 Å². The molecule has 21 heavy (non-hydrogen) atoms. The molecule has 0 atom stereocenters. The maximum absolute atomic E-state index is 11.1. The van der Waals surface area contributed by atoms with Gasteiger partial charge in [0.15, 0.2) is 0 Å². The maximum atomic E-state index is 11.1. The van der Waals surface area contributed by atoms with E-state index in [0.717, 1.165) is 38.2 Å². The molecule has 0 saturated carbocycles. The minimum atomic E-state index is -0.0441. The van der Waals surface area contributed by atoms with Crippen molar-refractivity contribution in [1.29, 1.82) is 5.26 Å². The first-order valence-electron chi connectivity index (χ1n) is 7.47. The molecule has 0 unspecified atom stereocenters. The van der Waals surface area contributed by atoms with Crippen molar-refractivity contribution < 1.29 is 4.79 Å². The Bertz CT molecular complexity index is 539. The predicted octanol–water partition coefficient (Wildman–Crippen LogP) is 3.16. The van der Waals surface area contributed by atoms with Gasteiger partial charge in [-0.05, 0) is 49.0 Å². The van der Waals surface area contributed by atoms with E-state index >= 15 is 0 Å². The summed E-state index contributed by atoms with van der Waals surface area (Å²) in [5, 5.41) is 11.7. The van der Waals surface area contributed by atoms with Gasteiger partial charge in [-0.25, -0.2) is 0 Å². The molecule has 1 amide bonds. The Hall–Kier alpha value is -1.86. The molecule has 1 fully saturated rings. The summed E-state index contributed by atoms with van der Waals surface area (Å²) in [4.78, 5) is 13.5. The molecule has 1 heterocycles. The summed E-state index contributed by atoms with van der Waals surface area (Å²) in [6.07, 6.45) is 2.80. The van der Waals surface area contributed by atoms with Gasteiger partial charge in [-0.2, -0.15) is 5.26 Å².